The van der Waals surface area contributed by atoms with Crippen molar-refractivity contribution in [1.29, 1.82) is 0 Å². The van der Waals surface area contributed by atoms with Gasteiger partial charge in [0.05, 0.1) is 29.4 Å². The molecule has 2 aromatic rings. The summed E-state index contributed by atoms with van der Waals surface area (Å²) in [6, 6.07) is 5.46. The molecule has 0 amide bonds. The summed E-state index contributed by atoms with van der Waals surface area (Å²) in [5, 5.41) is 13.2. The summed E-state index contributed by atoms with van der Waals surface area (Å²) >= 11 is 0. The third-order valence-electron chi connectivity index (χ3n) is 4.42. The van der Waals surface area contributed by atoms with Crippen molar-refractivity contribution >= 4 is 21.7 Å². The van der Waals surface area contributed by atoms with Crippen molar-refractivity contribution in [3.63, 3.8) is 0 Å². The first-order valence-corrected chi connectivity index (χ1v) is 10.2. The van der Waals surface area contributed by atoms with Crippen LogP contribution in [0.25, 0.3) is 0 Å². The minimum atomic E-state index is -3.79. The standard InChI is InChI=1S/C17H22N4O5S/c1-2-26-17(22)11-21-16-8-4-7-15(14(16)10-18-21)20-27(24,25)13-6-3-5-12(9-13)19-23/h3,5-6,9-10,15,19-20,23H,2,4,7-8,11H2,1H3. The summed E-state index contributed by atoms with van der Waals surface area (Å²) in [4.78, 5) is 11.8. The summed E-state index contributed by atoms with van der Waals surface area (Å²) in [5.74, 6) is -0.376. The quantitative estimate of drug-likeness (QED) is 0.481. The molecule has 1 atom stereocenters. The van der Waals surface area contributed by atoms with Crippen LogP contribution in [-0.2, 0) is 32.5 Å². The molecule has 0 bridgehead atoms. The number of sulfonamides is 1. The zero-order valence-electron chi connectivity index (χ0n) is 14.9. The molecule has 9 nitrogen and oxygen atoms in total. The second kappa shape index (κ2) is 8.07. The SMILES string of the molecule is CCOC(=O)Cn1ncc2c1CCCC2NS(=O)(=O)c1cccc(NO)c1. The van der Waals surface area contributed by atoms with Crippen molar-refractivity contribution in [3.8, 4) is 0 Å². The maximum absolute atomic E-state index is 12.7. The highest BCUT2D eigenvalue weighted by Gasteiger charge is 2.29. The van der Waals surface area contributed by atoms with Crippen molar-refractivity contribution in [2.24, 2.45) is 0 Å². The lowest BCUT2D eigenvalue weighted by Crippen LogP contribution is -2.31. The van der Waals surface area contributed by atoms with E-state index < -0.39 is 16.1 Å². The highest BCUT2D eigenvalue weighted by molar-refractivity contribution is 7.89. The fourth-order valence-corrected chi connectivity index (χ4v) is 4.49. The van der Waals surface area contributed by atoms with Crippen LogP contribution >= 0.6 is 0 Å². The highest BCUT2D eigenvalue weighted by Crippen LogP contribution is 2.31. The fourth-order valence-electron chi connectivity index (χ4n) is 3.19. The average Bonchev–Trinajstić information content (AvgIpc) is 3.06. The van der Waals surface area contributed by atoms with Crippen LogP contribution in [0.4, 0.5) is 5.69 Å². The Bertz CT molecular complexity index is 925. The summed E-state index contributed by atoms with van der Waals surface area (Å²) in [6.45, 7) is 2.04. The van der Waals surface area contributed by atoms with Gasteiger partial charge in [0.25, 0.3) is 0 Å². The molecule has 10 heteroatoms. The van der Waals surface area contributed by atoms with E-state index in [1.54, 1.807) is 23.9 Å². The molecular formula is C17H22N4O5S. The molecule has 1 aromatic heterocycles. The maximum Gasteiger partial charge on any atom is 0.327 e. The molecule has 27 heavy (non-hydrogen) atoms. The van der Waals surface area contributed by atoms with Gasteiger partial charge in [0.2, 0.25) is 10.0 Å². The van der Waals surface area contributed by atoms with Gasteiger partial charge in [-0.05, 0) is 44.4 Å². The van der Waals surface area contributed by atoms with E-state index in [1.807, 2.05) is 5.48 Å². The van der Waals surface area contributed by atoms with E-state index in [2.05, 4.69) is 9.82 Å². The molecule has 1 unspecified atom stereocenters. The van der Waals surface area contributed by atoms with E-state index in [4.69, 9.17) is 9.94 Å². The first kappa shape index (κ1) is 19.3. The van der Waals surface area contributed by atoms with Crippen molar-refractivity contribution in [3.05, 3.63) is 41.7 Å². The number of aromatic nitrogens is 2. The number of anilines is 1. The van der Waals surface area contributed by atoms with Gasteiger partial charge in [-0.3, -0.25) is 20.2 Å². The van der Waals surface area contributed by atoms with Gasteiger partial charge in [-0.2, -0.15) is 5.10 Å². The Labute approximate surface area is 157 Å². The first-order chi connectivity index (χ1) is 12.9. The van der Waals surface area contributed by atoms with E-state index in [1.165, 1.54) is 18.2 Å². The van der Waals surface area contributed by atoms with Gasteiger partial charge in [0.15, 0.2) is 0 Å². The Balaban J connectivity index is 1.81. The fraction of sp³-hybridized carbons (Fsp3) is 0.412. The summed E-state index contributed by atoms with van der Waals surface area (Å²) in [5.41, 5.74) is 3.83. The monoisotopic (exact) mass is 394 g/mol. The molecule has 1 aliphatic carbocycles. The lowest BCUT2D eigenvalue weighted by atomic mass is 9.94. The normalized spacial score (nSPS) is 16.6. The molecule has 0 fully saturated rings. The third-order valence-corrected chi connectivity index (χ3v) is 5.89. The highest BCUT2D eigenvalue weighted by atomic mass is 32.2. The number of hydrogen-bond acceptors (Lipinski definition) is 7. The lowest BCUT2D eigenvalue weighted by molar-refractivity contribution is -0.144. The van der Waals surface area contributed by atoms with Crippen LogP contribution in [0, 0.1) is 0 Å². The van der Waals surface area contributed by atoms with Crippen LogP contribution in [0.15, 0.2) is 35.4 Å². The minimum Gasteiger partial charge on any atom is -0.465 e. The van der Waals surface area contributed by atoms with Gasteiger partial charge in [0, 0.05) is 11.3 Å². The smallest absolute Gasteiger partial charge is 0.327 e. The summed E-state index contributed by atoms with van der Waals surface area (Å²) in [7, 11) is -3.79. The molecule has 3 rings (SSSR count). The van der Waals surface area contributed by atoms with Gasteiger partial charge in [-0.25, -0.2) is 13.1 Å². The largest absolute Gasteiger partial charge is 0.465 e. The van der Waals surface area contributed by atoms with E-state index in [9.17, 15) is 13.2 Å². The zero-order chi connectivity index (χ0) is 19.4. The third kappa shape index (κ3) is 4.29. The van der Waals surface area contributed by atoms with Crippen molar-refractivity contribution < 1.29 is 23.2 Å². The van der Waals surface area contributed by atoms with Crippen molar-refractivity contribution in [1.82, 2.24) is 14.5 Å². The maximum atomic E-state index is 12.7. The van der Waals surface area contributed by atoms with E-state index in [0.717, 1.165) is 24.1 Å². The van der Waals surface area contributed by atoms with Gasteiger partial charge in [0.1, 0.15) is 6.54 Å². The average molecular weight is 394 g/mol. The molecule has 1 aromatic carbocycles. The Morgan fingerprint density at radius 2 is 2.26 bits per heavy atom. The number of hydrogen-bond donors (Lipinski definition) is 3. The van der Waals surface area contributed by atoms with Crippen LogP contribution < -0.4 is 10.2 Å². The zero-order valence-corrected chi connectivity index (χ0v) is 15.7. The van der Waals surface area contributed by atoms with E-state index in [-0.39, 0.29) is 23.1 Å². The van der Waals surface area contributed by atoms with E-state index in [0.29, 0.717) is 13.0 Å². The lowest BCUT2D eigenvalue weighted by Gasteiger charge is -2.24. The van der Waals surface area contributed by atoms with Gasteiger partial charge in [-0.1, -0.05) is 6.07 Å². The second-order valence-corrected chi connectivity index (χ2v) is 7.93. The van der Waals surface area contributed by atoms with E-state index >= 15 is 0 Å². The van der Waals surface area contributed by atoms with Crippen molar-refractivity contribution in [2.45, 2.75) is 43.7 Å². The number of esters is 1. The number of nitrogens with one attached hydrogen (secondary N) is 2. The number of fused-ring (bicyclic) bond motifs is 1. The molecule has 3 N–H and O–H groups in total. The molecule has 1 aliphatic rings. The predicted molar refractivity (Wildman–Crippen MR) is 96.7 cm³/mol. The molecule has 0 radical (unpaired) electrons. The van der Waals surface area contributed by atoms with Gasteiger partial charge >= 0.3 is 5.97 Å². The Kier molecular flexibility index (Phi) is 5.78. The minimum absolute atomic E-state index is 0.00680. The molecule has 0 saturated carbocycles. The topological polar surface area (TPSA) is 123 Å². The number of carbonyl (C=O) groups excluding carboxylic acids is 1. The summed E-state index contributed by atoms with van der Waals surface area (Å²) in [6.07, 6.45) is 3.73. The Hall–Kier alpha value is -2.43. The Morgan fingerprint density at radius 1 is 1.44 bits per heavy atom. The van der Waals surface area contributed by atoms with Crippen LogP contribution in [0.5, 0.6) is 0 Å². The van der Waals surface area contributed by atoms with Crippen LogP contribution in [-0.4, -0.2) is 36.0 Å². The molecule has 1 heterocycles. The summed E-state index contributed by atoms with van der Waals surface area (Å²) < 4.78 is 34.7. The predicted octanol–water partition coefficient (Wildman–Crippen LogP) is 1.60. The number of rotatable bonds is 7. The van der Waals surface area contributed by atoms with Crippen molar-refractivity contribution in [2.75, 3.05) is 12.1 Å². The molecule has 146 valence electrons. The van der Waals surface area contributed by atoms with Crippen LogP contribution in [0.1, 0.15) is 37.1 Å². The number of benzene rings is 1. The van der Waals surface area contributed by atoms with Crippen LogP contribution in [0.3, 0.4) is 0 Å². The molecule has 0 aliphatic heterocycles. The molecule has 0 spiro atoms. The molecule has 0 saturated heterocycles. The van der Waals surface area contributed by atoms with Gasteiger partial charge < -0.3 is 4.74 Å². The van der Waals surface area contributed by atoms with Gasteiger partial charge in [-0.15, -0.1) is 0 Å². The number of nitrogens with zero attached hydrogens (tertiary/aromatic N) is 2. The second-order valence-electron chi connectivity index (χ2n) is 6.22. The van der Waals surface area contributed by atoms with Crippen LogP contribution in [0.2, 0.25) is 0 Å². The first-order valence-electron chi connectivity index (χ1n) is 8.67. The number of ether oxygens (including phenoxy) is 1. The number of carbonyl (C=O) groups is 1. The Morgan fingerprint density at radius 3 is 3.00 bits per heavy atom. The molecular weight excluding hydrogens is 372 g/mol.